The third kappa shape index (κ3) is 8.21. The van der Waals surface area contributed by atoms with Gasteiger partial charge in [0.25, 0.3) is 0 Å². The summed E-state index contributed by atoms with van der Waals surface area (Å²) in [5.74, 6) is 1.22. The second-order valence-electron chi connectivity index (χ2n) is 9.44. The SMILES string of the molecule is CN=C(NCc1cccc(NC(=O)CC(C)C)c1)NC1CCN(Cc2ccccc2)C(C)C1. The van der Waals surface area contributed by atoms with Gasteiger partial charge in [-0.05, 0) is 48.9 Å². The fourth-order valence-corrected chi connectivity index (χ4v) is 4.32. The lowest BCUT2D eigenvalue weighted by Gasteiger charge is -2.38. The van der Waals surface area contributed by atoms with Crippen LogP contribution in [0.3, 0.4) is 0 Å². The maximum Gasteiger partial charge on any atom is 0.224 e. The van der Waals surface area contributed by atoms with E-state index in [2.05, 4.69) is 69.2 Å². The Hall–Kier alpha value is -2.86. The Morgan fingerprint density at radius 3 is 2.58 bits per heavy atom. The summed E-state index contributed by atoms with van der Waals surface area (Å²) in [5.41, 5.74) is 3.31. The highest BCUT2D eigenvalue weighted by molar-refractivity contribution is 5.90. The monoisotopic (exact) mass is 449 g/mol. The van der Waals surface area contributed by atoms with E-state index in [0.29, 0.717) is 31.0 Å². The van der Waals surface area contributed by atoms with Crippen LogP contribution in [0, 0.1) is 5.92 Å². The third-order valence-corrected chi connectivity index (χ3v) is 6.07. The fourth-order valence-electron chi connectivity index (χ4n) is 4.32. The van der Waals surface area contributed by atoms with Crippen molar-refractivity contribution in [3.8, 4) is 0 Å². The molecule has 0 saturated carbocycles. The number of piperidine rings is 1. The lowest BCUT2D eigenvalue weighted by Crippen LogP contribution is -2.51. The number of hydrogen-bond donors (Lipinski definition) is 3. The molecule has 0 bridgehead atoms. The normalized spacial score (nSPS) is 19.4. The van der Waals surface area contributed by atoms with Crippen molar-refractivity contribution in [2.24, 2.45) is 10.9 Å². The zero-order valence-electron chi connectivity index (χ0n) is 20.5. The number of rotatable bonds is 8. The van der Waals surface area contributed by atoms with Crippen molar-refractivity contribution in [3.05, 3.63) is 65.7 Å². The second-order valence-corrected chi connectivity index (χ2v) is 9.44. The van der Waals surface area contributed by atoms with Gasteiger partial charge >= 0.3 is 0 Å². The van der Waals surface area contributed by atoms with E-state index in [4.69, 9.17) is 0 Å². The number of guanidine groups is 1. The molecule has 1 saturated heterocycles. The smallest absolute Gasteiger partial charge is 0.224 e. The Morgan fingerprint density at radius 2 is 1.88 bits per heavy atom. The van der Waals surface area contributed by atoms with E-state index in [-0.39, 0.29) is 5.91 Å². The van der Waals surface area contributed by atoms with Gasteiger partial charge in [-0.25, -0.2) is 0 Å². The van der Waals surface area contributed by atoms with Crippen LogP contribution >= 0.6 is 0 Å². The summed E-state index contributed by atoms with van der Waals surface area (Å²) in [6.07, 6.45) is 2.71. The minimum Gasteiger partial charge on any atom is -0.354 e. The molecular formula is C27H39N5O. The molecular weight excluding hydrogens is 410 g/mol. The molecule has 2 aromatic rings. The quantitative estimate of drug-likeness (QED) is 0.413. The maximum atomic E-state index is 12.1. The zero-order valence-corrected chi connectivity index (χ0v) is 20.5. The molecule has 1 heterocycles. The topological polar surface area (TPSA) is 68.8 Å². The van der Waals surface area contributed by atoms with E-state index in [9.17, 15) is 4.79 Å². The molecule has 178 valence electrons. The van der Waals surface area contributed by atoms with E-state index in [1.54, 1.807) is 0 Å². The van der Waals surface area contributed by atoms with Gasteiger partial charge in [-0.15, -0.1) is 0 Å². The van der Waals surface area contributed by atoms with Crippen LogP contribution in [0.1, 0.15) is 51.2 Å². The first kappa shape index (κ1) is 24.8. The molecule has 3 rings (SSSR count). The van der Waals surface area contributed by atoms with Crippen molar-refractivity contribution < 1.29 is 4.79 Å². The zero-order chi connectivity index (χ0) is 23.6. The van der Waals surface area contributed by atoms with E-state index >= 15 is 0 Å². The average Bonchev–Trinajstić information content (AvgIpc) is 2.78. The predicted octanol–water partition coefficient (Wildman–Crippen LogP) is 4.39. The minimum absolute atomic E-state index is 0.0558. The summed E-state index contributed by atoms with van der Waals surface area (Å²) in [6, 6.07) is 19.6. The summed E-state index contributed by atoms with van der Waals surface area (Å²) >= 11 is 0. The van der Waals surface area contributed by atoms with Gasteiger partial charge in [-0.1, -0.05) is 56.3 Å². The first-order valence-corrected chi connectivity index (χ1v) is 12.1. The Morgan fingerprint density at radius 1 is 1.12 bits per heavy atom. The van der Waals surface area contributed by atoms with Crippen molar-refractivity contribution in [1.82, 2.24) is 15.5 Å². The molecule has 1 aliphatic heterocycles. The van der Waals surface area contributed by atoms with Crippen LogP contribution in [-0.4, -0.2) is 42.4 Å². The second kappa shape index (κ2) is 12.4. The summed E-state index contributed by atoms with van der Waals surface area (Å²) in [4.78, 5) is 19.0. The molecule has 0 radical (unpaired) electrons. The van der Waals surface area contributed by atoms with Gasteiger partial charge in [-0.2, -0.15) is 0 Å². The third-order valence-electron chi connectivity index (χ3n) is 6.07. The summed E-state index contributed by atoms with van der Waals surface area (Å²) in [7, 11) is 1.81. The van der Waals surface area contributed by atoms with Crippen LogP contribution in [0.2, 0.25) is 0 Å². The van der Waals surface area contributed by atoms with Crippen molar-refractivity contribution in [2.45, 2.75) is 65.2 Å². The number of amides is 1. The molecule has 2 aromatic carbocycles. The van der Waals surface area contributed by atoms with Crippen LogP contribution in [0.15, 0.2) is 59.6 Å². The lowest BCUT2D eigenvalue weighted by atomic mass is 9.97. The number of carbonyl (C=O) groups is 1. The summed E-state index contributed by atoms with van der Waals surface area (Å²) < 4.78 is 0. The maximum absolute atomic E-state index is 12.1. The van der Waals surface area contributed by atoms with Gasteiger partial charge in [0.15, 0.2) is 5.96 Å². The van der Waals surface area contributed by atoms with Crippen molar-refractivity contribution in [3.63, 3.8) is 0 Å². The molecule has 6 nitrogen and oxygen atoms in total. The fraction of sp³-hybridized carbons (Fsp3) is 0.481. The molecule has 33 heavy (non-hydrogen) atoms. The first-order valence-electron chi connectivity index (χ1n) is 12.1. The van der Waals surface area contributed by atoms with Crippen molar-refractivity contribution >= 4 is 17.6 Å². The van der Waals surface area contributed by atoms with Gasteiger partial charge in [-0.3, -0.25) is 14.7 Å². The molecule has 3 N–H and O–H groups in total. The average molecular weight is 450 g/mol. The van der Waals surface area contributed by atoms with Crippen LogP contribution in [0.4, 0.5) is 5.69 Å². The molecule has 2 unspecified atom stereocenters. The lowest BCUT2D eigenvalue weighted by molar-refractivity contribution is -0.116. The molecule has 1 amide bonds. The number of benzene rings is 2. The highest BCUT2D eigenvalue weighted by Gasteiger charge is 2.25. The summed E-state index contributed by atoms with van der Waals surface area (Å²) in [5, 5.41) is 10.0. The number of nitrogens with one attached hydrogen (secondary N) is 3. The number of likely N-dealkylation sites (tertiary alicyclic amines) is 1. The van der Waals surface area contributed by atoms with Gasteiger partial charge in [0.05, 0.1) is 0 Å². The van der Waals surface area contributed by atoms with Crippen LogP contribution < -0.4 is 16.0 Å². The molecule has 0 aromatic heterocycles. The number of aliphatic imine (C=N–C) groups is 1. The van der Waals surface area contributed by atoms with Crippen LogP contribution in [-0.2, 0) is 17.9 Å². The van der Waals surface area contributed by atoms with E-state index in [1.807, 2.05) is 39.1 Å². The Balaban J connectivity index is 1.46. The minimum atomic E-state index is 0.0558. The van der Waals surface area contributed by atoms with Gasteiger partial charge in [0.1, 0.15) is 0 Å². The number of anilines is 1. The number of nitrogens with zero attached hydrogens (tertiary/aromatic N) is 2. The largest absolute Gasteiger partial charge is 0.354 e. The molecule has 1 aliphatic rings. The van der Waals surface area contributed by atoms with Crippen LogP contribution in [0.25, 0.3) is 0 Å². The van der Waals surface area contributed by atoms with E-state index in [0.717, 1.165) is 43.1 Å². The first-order chi connectivity index (χ1) is 15.9. The van der Waals surface area contributed by atoms with Gasteiger partial charge in [0.2, 0.25) is 5.91 Å². The highest BCUT2D eigenvalue weighted by atomic mass is 16.1. The summed E-state index contributed by atoms with van der Waals surface area (Å²) in [6.45, 7) is 9.13. The van der Waals surface area contributed by atoms with E-state index in [1.165, 1.54) is 5.56 Å². The number of carbonyl (C=O) groups excluding carboxylic acids is 1. The Kier molecular flexibility index (Phi) is 9.31. The van der Waals surface area contributed by atoms with Crippen molar-refractivity contribution in [2.75, 3.05) is 18.9 Å². The molecule has 6 heteroatoms. The molecule has 0 spiro atoms. The predicted molar refractivity (Wildman–Crippen MR) is 137 cm³/mol. The van der Waals surface area contributed by atoms with Crippen LogP contribution in [0.5, 0.6) is 0 Å². The highest BCUT2D eigenvalue weighted by Crippen LogP contribution is 2.20. The molecule has 0 aliphatic carbocycles. The molecule has 1 fully saturated rings. The number of hydrogen-bond acceptors (Lipinski definition) is 3. The Labute approximate surface area is 198 Å². The standard InChI is InChI=1S/C27H39N5O/c1-20(2)15-26(33)30-24-12-8-11-23(17-24)18-29-27(28-4)31-25-13-14-32(21(3)16-25)19-22-9-6-5-7-10-22/h5-12,17,20-21,25H,13-16,18-19H2,1-4H3,(H,30,33)(H2,28,29,31). The van der Waals surface area contributed by atoms with Gasteiger partial charge in [0, 0.05) is 50.9 Å². The van der Waals surface area contributed by atoms with Crippen molar-refractivity contribution in [1.29, 1.82) is 0 Å². The van der Waals surface area contributed by atoms with Gasteiger partial charge < -0.3 is 16.0 Å². The van der Waals surface area contributed by atoms with E-state index < -0.39 is 0 Å². The Bertz CT molecular complexity index is 912. The molecule has 2 atom stereocenters.